The summed E-state index contributed by atoms with van der Waals surface area (Å²) in [5.74, 6) is -1.04. The zero-order valence-corrected chi connectivity index (χ0v) is 12.2. The molecule has 0 aliphatic carbocycles. The minimum absolute atomic E-state index is 0.0777. The molecule has 1 saturated heterocycles. The molecule has 1 unspecified atom stereocenters. The highest BCUT2D eigenvalue weighted by molar-refractivity contribution is 5.95. The van der Waals surface area contributed by atoms with E-state index in [9.17, 15) is 14.0 Å². The molecule has 4 N–H and O–H groups in total. The lowest BCUT2D eigenvalue weighted by molar-refractivity contribution is -0.126. The number of carbonyl (C=O) groups excluding carboxylic acids is 2. The van der Waals surface area contributed by atoms with Crippen LogP contribution in [0.25, 0.3) is 0 Å². The van der Waals surface area contributed by atoms with Crippen LogP contribution < -0.4 is 16.4 Å². The highest BCUT2D eigenvalue weighted by Crippen LogP contribution is 2.17. The van der Waals surface area contributed by atoms with Crippen molar-refractivity contribution in [2.45, 2.75) is 18.9 Å². The van der Waals surface area contributed by atoms with Gasteiger partial charge in [0.05, 0.1) is 12.6 Å². The summed E-state index contributed by atoms with van der Waals surface area (Å²) >= 11 is 0. The normalized spacial score (nSPS) is 16.8. The molecule has 1 aliphatic rings. The van der Waals surface area contributed by atoms with E-state index in [2.05, 4.69) is 10.6 Å². The second-order valence-corrected chi connectivity index (χ2v) is 5.25. The minimum Gasteiger partial charge on any atom is -0.381 e. The summed E-state index contributed by atoms with van der Waals surface area (Å²) in [5.41, 5.74) is 6.37. The summed E-state index contributed by atoms with van der Waals surface area (Å²) in [6, 6.07) is 4.75. The number of hydrogen-bond donors (Lipinski definition) is 3. The average Bonchev–Trinajstić information content (AvgIpc) is 2.55. The summed E-state index contributed by atoms with van der Waals surface area (Å²) in [6.45, 7) is 1.04. The first-order valence-electron chi connectivity index (χ1n) is 7.22. The van der Waals surface area contributed by atoms with Gasteiger partial charge in [-0.25, -0.2) is 4.39 Å². The van der Waals surface area contributed by atoms with Gasteiger partial charge in [-0.1, -0.05) is 0 Å². The third kappa shape index (κ3) is 4.78. The molecular formula is C15H20FN3O3. The average molecular weight is 309 g/mol. The molecule has 0 spiro atoms. The molecule has 0 radical (unpaired) electrons. The highest BCUT2D eigenvalue weighted by atomic mass is 19.1. The van der Waals surface area contributed by atoms with Crippen molar-refractivity contribution < 1.29 is 18.7 Å². The molecular weight excluding hydrogens is 289 g/mol. The van der Waals surface area contributed by atoms with Crippen molar-refractivity contribution in [1.29, 1.82) is 0 Å². The zero-order chi connectivity index (χ0) is 15.9. The van der Waals surface area contributed by atoms with Crippen LogP contribution in [-0.4, -0.2) is 37.6 Å². The summed E-state index contributed by atoms with van der Waals surface area (Å²) in [4.78, 5) is 23.7. The van der Waals surface area contributed by atoms with E-state index >= 15 is 0 Å². The van der Waals surface area contributed by atoms with Gasteiger partial charge in [-0.15, -0.1) is 0 Å². The first-order valence-corrected chi connectivity index (χ1v) is 7.22. The van der Waals surface area contributed by atoms with Gasteiger partial charge < -0.3 is 21.1 Å². The zero-order valence-electron chi connectivity index (χ0n) is 12.2. The molecule has 1 fully saturated rings. The van der Waals surface area contributed by atoms with Crippen LogP contribution in [0.3, 0.4) is 0 Å². The smallest absolute Gasteiger partial charge is 0.243 e. The van der Waals surface area contributed by atoms with Crippen LogP contribution >= 0.6 is 0 Å². The van der Waals surface area contributed by atoms with Crippen LogP contribution in [0.5, 0.6) is 0 Å². The van der Waals surface area contributed by atoms with E-state index in [0.29, 0.717) is 18.9 Å². The van der Waals surface area contributed by atoms with E-state index in [0.717, 1.165) is 12.8 Å². The molecule has 22 heavy (non-hydrogen) atoms. The van der Waals surface area contributed by atoms with Crippen molar-refractivity contribution in [2.24, 2.45) is 11.7 Å². The molecule has 1 aromatic rings. The lowest BCUT2D eigenvalue weighted by Gasteiger charge is -2.26. The van der Waals surface area contributed by atoms with Crippen LogP contribution in [0.2, 0.25) is 0 Å². The minimum atomic E-state index is -0.637. The molecule has 6 nitrogen and oxygen atoms in total. The Bertz CT molecular complexity index is 515. The van der Waals surface area contributed by atoms with Gasteiger partial charge in [-0.3, -0.25) is 9.59 Å². The van der Waals surface area contributed by atoms with E-state index in [-0.39, 0.29) is 30.1 Å². The number of benzene rings is 1. The fourth-order valence-electron chi connectivity index (χ4n) is 2.31. The van der Waals surface area contributed by atoms with Crippen molar-refractivity contribution in [3.63, 3.8) is 0 Å². The van der Waals surface area contributed by atoms with Crippen molar-refractivity contribution in [3.8, 4) is 0 Å². The lowest BCUT2D eigenvalue weighted by Crippen LogP contribution is -2.48. The Labute approximate surface area is 128 Å². The largest absolute Gasteiger partial charge is 0.381 e. The van der Waals surface area contributed by atoms with Crippen LogP contribution in [-0.2, 0) is 14.3 Å². The van der Waals surface area contributed by atoms with Crippen molar-refractivity contribution in [3.05, 3.63) is 30.1 Å². The van der Waals surface area contributed by atoms with E-state index in [1.807, 2.05) is 0 Å². The van der Waals surface area contributed by atoms with Gasteiger partial charge in [0, 0.05) is 18.9 Å². The standard InChI is InChI=1S/C15H20FN3O3/c16-11-1-3-12(4-2-11)19-13(20)9-18-15(21)14(17)10-5-7-22-8-6-10/h1-4,10,14H,5-9,17H2,(H,18,21)(H,19,20). The Morgan fingerprint density at radius 2 is 1.91 bits per heavy atom. The van der Waals surface area contributed by atoms with Crippen LogP contribution in [0.1, 0.15) is 12.8 Å². The number of carbonyl (C=O) groups is 2. The first-order chi connectivity index (χ1) is 10.6. The molecule has 2 amide bonds. The Balaban J connectivity index is 1.75. The van der Waals surface area contributed by atoms with Gasteiger partial charge in [-0.2, -0.15) is 0 Å². The van der Waals surface area contributed by atoms with Crippen molar-refractivity contribution in [2.75, 3.05) is 25.1 Å². The molecule has 1 atom stereocenters. The van der Waals surface area contributed by atoms with E-state index < -0.39 is 6.04 Å². The Morgan fingerprint density at radius 1 is 1.27 bits per heavy atom. The number of amides is 2. The maximum atomic E-state index is 12.8. The molecule has 0 saturated carbocycles. The lowest BCUT2D eigenvalue weighted by atomic mass is 9.92. The molecule has 2 rings (SSSR count). The third-order valence-corrected chi connectivity index (χ3v) is 3.63. The van der Waals surface area contributed by atoms with Gasteiger partial charge in [0.2, 0.25) is 11.8 Å². The van der Waals surface area contributed by atoms with E-state index in [1.165, 1.54) is 24.3 Å². The predicted octanol–water partition coefficient (Wildman–Crippen LogP) is 0.634. The van der Waals surface area contributed by atoms with Crippen LogP contribution in [0.4, 0.5) is 10.1 Å². The summed E-state index contributed by atoms with van der Waals surface area (Å²) in [7, 11) is 0. The molecule has 1 aliphatic heterocycles. The van der Waals surface area contributed by atoms with Crippen LogP contribution in [0, 0.1) is 11.7 Å². The monoisotopic (exact) mass is 309 g/mol. The molecule has 120 valence electrons. The Kier molecular flexibility index (Phi) is 5.85. The maximum Gasteiger partial charge on any atom is 0.243 e. The quantitative estimate of drug-likeness (QED) is 0.744. The number of ether oxygens (including phenoxy) is 1. The number of hydrogen-bond acceptors (Lipinski definition) is 4. The topological polar surface area (TPSA) is 93.5 Å². The molecule has 1 aromatic carbocycles. The molecule has 0 bridgehead atoms. The number of nitrogens with one attached hydrogen (secondary N) is 2. The Hall–Kier alpha value is -1.99. The van der Waals surface area contributed by atoms with Crippen molar-refractivity contribution in [1.82, 2.24) is 5.32 Å². The number of halogens is 1. The Morgan fingerprint density at radius 3 is 2.55 bits per heavy atom. The maximum absolute atomic E-state index is 12.8. The second kappa shape index (κ2) is 7.86. The predicted molar refractivity (Wildman–Crippen MR) is 79.6 cm³/mol. The number of nitrogens with two attached hydrogens (primary N) is 1. The van der Waals surface area contributed by atoms with Gasteiger partial charge in [0.15, 0.2) is 0 Å². The number of anilines is 1. The van der Waals surface area contributed by atoms with Gasteiger partial charge >= 0.3 is 0 Å². The molecule has 7 heteroatoms. The van der Waals surface area contributed by atoms with Gasteiger partial charge in [-0.05, 0) is 43.0 Å². The van der Waals surface area contributed by atoms with Gasteiger partial charge in [0.1, 0.15) is 5.82 Å². The summed E-state index contributed by atoms with van der Waals surface area (Å²) in [6.07, 6.45) is 1.49. The van der Waals surface area contributed by atoms with Crippen LogP contribution in [0.15, 0.2) is 24.3 Å². The number of rotatable bonds is 5. The van der Waals surface area contributed by atoms with E-state index in [4.69, 9.17) is 10.5 Å². The second-order valence-electron chi connectivity index (χ2n) is 5.25. The first kappa shape index (κ1) is 16.4. The fourth-order valence-corrected chi connectivity index (χ4v) is 2.31. The summed E-state index contributed by atoms with van der Waals surface area (Å²) < 4.78 is 18.0. The highest BCUT2D eigenvalue weighted by Gasteiger charge is 2.26. The SMILES string of the molecule is NC(C(=O)NCC(=O)Nc1ccc(F)cc1)C1CCOCC1. The van der Waals surface area contributed by atoms with Gasteiger partial charge in [0.25, 0.3) is 0 Å². The van der Waals surface area contributed by atoms with Crippen molar-refractivity contribution >= 4 is 17.5 Å². The molecule has 1 heterocycles. The summed E-state index contributed by atoms with van der Waals surface area (Å²) in [5, 5.41) is 5.08. The van der Waals surface area contributed by atoms with E-state index in [1.54, 1.807) is 0 Å². The molecule has 0 aromatic heterocycles. The fraction of sp³-hybridized carbons (Fsp3) is 0.467. The third-order valence-electron chi connectivity index (χ3n) is 3.63.